The summed E-state index contributed by atoms with van der Waals surface area (Å²) in [5.41, 5.74) is 0.625. The zero-order valence-corrected chi connectivity index (χ0v) is 9.93. The highest BCUT2D eigenvalue weighted by Gasteiger charge is 2.43. The maximum atomic E-state index is 5.20. The van der Waals surface area contributed by atoms with Gasteiger partial charge in [0.15, 0.2) is 0 Å². The van der Waals surface area contributed by atoms with Crippen molar-refractivity contribution in [1.82, 2.24) is 10.2 Å². The van der Waals surface area contributed by atoms with E-state index >= 15 is 0 Å². The second kappa shape index (κ2) is 5.28. The number of nitrogens with one attached hydrogen (secondary N) is 1. The third kappa shape index (κ3) is 3.44. The van der Waals surface area contributed by atoms with E-state index < -0.39 is 0 Å². The molecule has 3 heteroatoms. The van der Waals surface area contributed by atoms with Gasteiger partial charge in [0.1, 0.15) is 0 Å². The van der Waals surface area contributed by atoms with Gasteiger partial charge in [-0.3, -0.25) is 0 Å². The molecule has 0 unspecified atom stereocenters. The lowest BCUT2D eigenvalue weighted by Gasteiger charge is -2.25. The first-order valence-electron chi connectivity index (χ1n) is 6.27. The molecular weight excluding hydrogens is 188 g/mol. The summed E-state index contributed by atoms with van der Waals surface area (Å²) in [5, 5.41) is 3.46. The summed E-state index contributed by atoms with van der Waals surface area (Å²) in [6, 6.07) is 0. The van der Waals surface area contributed by atoms with Gasteiger partial charge in [-0.25, -0.2) is 0 Å². The van der Waals surface area contributed by atoms with Gasteiger partial charge >= 0.3 is 0 Å². The van der Waals surface area contributed by atoms with Crippen molar-refractivity contribution in [2.45, 2.75) is 25.7 Å². The maximum Gasteiger partial charge on any atom is 0.0468 e. The molecule has 1 heterocycles. The van der Waals surface area contributed by atoms with E-state index in [1.54, 1.807) is 0 Å². The molecule has 3 nitrogen and oxygen atoms in total. The highest BCUT2D eigenvalue weighted by molar-refractivity contribution is 4.95. The van der Waals surface area contributed by atoms with E-state index in [2.05, 4.69) is 10.2 Å². The third-order valence-electron chi connectivity index (χ3n) is 3.79. The summed E-state index contributed by atoms with van der Waals surface area (Å²) in [7, 11) is 1.81. The number of methoxy groups -OCH3 is 1. The van der Waals surface area contributed by atoms with Crippen LogP contribution < -0.4 is 5.32 Å². The Hall–Kier alpha value is -0.120. The normalized spacial score (nSPS) is 26.2. The quantitative estimate of drug-likeness (QED) is 0.738. The molecule has 0 aromatic rings. The van der Waals surface area contributed by atoms with Crippen molar-refractivity contribution in [2.75, 3.05) is 46.4 Å². The molecule has 0 atom stereocenters. The Morgan fingerprint density at radius 2 is 2.13 bits per heavy atom. The van der Waals surface area contributed by atoms with Crippen LogP contribution in [-0.2, 0) is 4.74 Å². The second-order valence-corrected chi connectivity index (χ2v) is 5.12. The van der Waals surface area contributed by atoms with Crippen molar-refractivity contribution in [3.8, 4) is 0 Å². The Kier molecular flexibility index (Phi) is 4.00. The average Bonchev–Trinajstić information content (AvgIpc) is 3.02. The Morgan fingerprint density at radius 1 is 1.27 bits per heavy atom. The fraction of sp³-hybridized carbons (Fsp3) is 1.00. The number of rotatable bonds is 5. The van der Waals surface area contributed by atoms with Crippen molar-refractivity contribution >= 4 is 0 Å². The van der Waals surface area contributed by atoms with Crippen LogP contribution in [0.25, 0.3) is 0 Å². The molecule has 15 heavy (non-hydrogen) atoms. The number of hydrogen-bond donors (Lipinski definition) is 1. The molecule has 1 aliphatic heterocycles. The molecule has 0 aromatic heterocycles. The Morgan fingerprint density at radius 3 is 2.87 bits per heavy atom. The Bertz CT molecular complexity index is 184. The van der Waals surface area contributed by atoms with Crippen molar-refractivity contribution in [3.05, 3.63) is 0 Å². The van der Waals surface area contributed by atoms with E-state index in [4.69, 9.17) is 4.74 Å². The summed E-state index contributed by atoms with van der Waals surface area (Å²) >= 11 is 0. The number of nitrogens with zero attached hydrogens (tertiary/aromatic N) is 1. The topological polar surface area (TPSA) is 24.5 Å². The van der Waals surface area contributed by atoms with Crippen LogP contribution in [-0.4, -0.2) is 51.3 Å². The van der Waals surface area contributed by atoms with E-state index in [9.17, 15) is 0 Å². The van der Waals surface area contributed by atoms with Gasteiger partial charge in [0.2, 0.25) is 0 Å². The van der Waals surface area contributed by atoms with Gasteiger partial charge in [0, 0.05) is 33.4 Å². The molecule has 1 N–H and O–H groups in total. The number of ether oxygens (including phenoxy) is 1. The van der Waals surface area contributed by atoms with Crippen molar-refractivity contribution in [2.24, 2.45) is 5.41 Å². The van der Waals surface area contributed by atoms with Crippen LogP contribution in [0.1, 0.15) is 25.7 Å². The molecule has 0 bridgehead atoms. The Balaban J connectivity index is 1.74. The zero-order valence-electron chi connectivity index (χ0n) is 9.93. The van der Waals surface area contributed by atoms with E-state index in [0.717, 1.165) is 6.61 Å². The van der Waals surface area contributed by atoms with Gasteiger partial charge in [-0.2, -0.15) is 0 Å². The molecule has 0 amide bonds. The molecule has 2 aliphatic rings. The van der Waals surface area contributed by atoms with E-state index in [1.807, 2.05) is 7.11 Å². The van der Waals surface area contributed by atoms with Crippen molar-refractivity contribution < 1.29 is 4.74 Å². The van der Waals surface area contributed by atoms with E-state index in [1.165, 1.54) is 58.4 Å². The fourth-order valence-corrected chi connectivity index (χ4v) is 2.52. The van der Waals surface area contributed by atoms with Crippen LogP contribution >= 0.6 is 0 Å². The van der Waals surface area contributed by atoms with Gasteiger partial charge in [-0.1, -0.05) is 0 Å². The van der Waals surface area contributed by atoms with Crippen LogP contribution in [0.4, 0.5) is 0 Å². The first kappa shape index (κ1) is 11.4. The summed E-state index contributed by atoms with van der Waals surface area (Å²) in [6.45, 7) is 7.11. The van der Waals surface area contributed by atoms with Gasteiger partial charge in [-0.05, 0) is 44.2 Å². The minimum Gasteiger partial charge on any atom is -0.385 e. The summed E-state index contributed by atoms with van der Waals surface area (Å²) < 4.78 is 5.20. The molecule has 1 aliphatic carbocycles. The largest absolute Gasteiger partial charge is 0.385 e. The first-order valence-corrected chi connectivity index (χ1v) is 6.27. The van der Waals surface area contributed by atoms with Crippen LogP contribution in [0, 0.1) is 5.41 Å². The van der Waals surface area contributed by atoms with Crippen LogP contribution in [0.15, 0.2) is 0 Å². The molecule has 0 aromatic carbocycles. The third-order valence-corrected chi connectivity index (χ3v) is 3.79. The molecule has 1 saturated carbocycles. The smallest absolute Gasteiger partial charge is 0.0468 e. The highest BCUT2D eigenvalue weighted by Crippen LogP contribution is 2.49. The lowest BCUT2D eigenvalue weighted by molar-refractivity contribution is 0.149. The predicted octanol–water partition coefficient (Wildman–Crippen LogP) is 1.10. The summed E-state index contributed by atoms with van der Waals surface area (Å²) in [5.74, 6) is 0. The molecule has 1 saturated heterocycles. The van der Waals surface area contributed by atoms with Crippen LogP contribution in [0.3, 0.4) is 0 Å². The molecular formula is C12H24N2O. The SMILES string of the molecule is COCCC1(CN2CCCNCC2)CC1. The zero-order chi connectivity index (χ0) is 10.6. The lowest BCUT2D eigenvalue weighted by Crippen LogP contribution is -2.34. The van der Waals surface area contributed by atoms with Crippen LogP contribution in [0.2, 0.25) is 0 Å². The molecule has 0 radical (unpaired) electrons. The molecule has 88 valence electrons. The van der Waals surface area contributed by atoms with E-state index in [0.29, 0.717) is 5.41 Å². The molecule has 0 spiro atoms. The standard InChI is InChI=1S/C12H24N2O/c1-15-10-5-12(3-4-12)11-14-8-2-6-13-7-9-14/h13H,2-11H2,1H3. The van der Waals surface area contributed by atoms with Gasteiger partial charge in [0.05, 0.1) is 0 Å². The van der Waals surface area contributed by atoms with Crippen molar-refractivity contribution in [3.63, 3.8) is 0 Å². The first-order chi connectivity index (χ1) is 7.35. The maximum absolute atomic E-state index is 5.20. The average molecular weight is 212 g/mol. The summed E-state index contributed by atoms with van der Waals surface area (Å²) in [6.07, 6.45) is 5.40. The number of hydrogen-bond acceptors (Lipinski definition) is 3. The second-order valence-electron chi connectivity index (χ2n) is 5.12. The summed E-state index contributed by atoms with van der Waals surface area (Å²) in [4.78, 5) is 2.64. The minimum atomic E-state index is 0.625. The molecule has 2 rings (SSSR count). The highest BCUT2D eigenvalue weighted by atomic mass is 16.5. The fourth-order valence-electron chi connectivity index (χ4n) is 2.52. The van der Waals surface area contributed by atoms with Crippen LogP contribution in [0.5, 0.6) is 0 Å². The van der Waals surface area contributed by atoms with Gasteiger partial charge < -0.3 is 15.0 Å². The molecule has 2 fully saturated rings. The lowest BCUT2D eigenvalue weighted by atomic mass is 10.0. The van der Waals surface area contributed by atoms with Gasteiger partial charge in [-0.15, -0.1) is 0 Å². The Labute approximate surface area is 93.2 Å². The van der Waals surface area contributed by atoms with Crippen molar-refractivity contribution in [1.29, 1.82) is 0 Å². The minimum absolute atomic E-state index is 0.625. The van der Waals surface area contributed by atoms with E-state index in [-0.39, 0.29) is 0 Å². The monoisotopic (exact) mass is 212 g/mol. The predicted molar refractivity (Wildman–Crippen MR) is 62.1 cm³/mol. The van der Waals surface area contributed by atoms with Gasteiger partial charge in [0.25, 0.3) is 0 Å².